The van der Waals surface area contributed by atoms with Gasteiger partial charge in [-0.2, -0.15) is 0 Å². The molecule has 1 amide bonds. The van der Waals surface area contributed by atoms with E-state index in [1.165, 1.54) is 16.9 Å². The van der Waals surface area contributed by atoms with Crippen LogP contribution in [0.2, 0.25) is 0 Å². The maximum absolute atomic E-state index is 12.7. The van der Waals surface area contributed by atoms with Crippen LogP contribution in [0, 0.1) is 5.92 Å². The van der Waals surface area contributed by atoms with E-state index in [2.05, 4.69) is 34.5 Å². The summed E-state index contributed by atoms with van der Waals surface area (Å²) in [6, 6.07) is 8.42. The normalized spacial score (nSPS) is 21.3. The molecule has 122 valence electrons. The van der Waals surface area contributed by atoms with Crippen molar-refractivity contribution in [1.82, 2.24) is 10.2 Å². The van der Waals surface area contributed by atoms with E-state index in [9.17, 15) is 4.79 Å². The molecule has 2 heterocycles. The lowest BCUT2D eigenvalue weighted by molar-refractivity contribution is -0.131. The van der Waals surface area contributed by atoms with Gasteiger partial charge in [0.25, 0.3) is 0 Å². The Bertz CT molecular complexity index is 478. The summed E-state index contributed by atoms with van der Waals surface area (Å²) in [5, 5.41) is 3.33. The second-order valence-corrected chi connectivity index (χ2v) is 7.32. The second-order valence-electron chi connectivity index (χ2n) is 6.08. The third-order valence-electron chi connectivity index (χ3n) is 4.65. The molecule has 1 saturated heterocycles. The van der Waals surface area contributed by atoms with E-state index in [0.717, 1.165) is 44.8 Å². The number of nitrogens with zero attached hydrogens (tertiary/aromatic N) is 1. The highest BCUT2D eigenvalue weighted by Gasteiger charge is 2.32. The summed E-state index contributed by atoms with van der Waals surface area (Å²) in [4.78, 5) is 16.1. The monoisotopic (exact) mass is 340 g/mol. The number of benzene rings is 1. The van der Waals surface area contributed by atoms with Gasteiger partial charge < -0.3 is 10.2 Å². The first-order valence-corrected chi connectivity index (χ1v) is 8.84. The van der Waals surface area contributed by atoms with E-state index in [-0.39, 0.29) is 17.7 Å². The van der Waals surface area contributed by atoms with Crippen LogP contribution in [0.1, 0.15) is 24.8 Å². The van der Waals surface area contributed by atoms with Crippen molar-refractivity contribution in [2.24, 2.45) is 5.92 Å². The van der Waals surface area contributed by atoms with Crippen molar-refractivity contribution in [2.45, 2.75) is 35.8 Å². The first kappa shape index (κ1) is 17.6. The fourth-order valence-corrected chi connectivity index (χ4v) is 4.59. The van der Waals surface area contributed by atoms with Gasteiger partial charge in [-0.3, -0.25) is 4.79 Å². The van der Waals surface area contributed by atoms with Crippen LogP contribution in [0.25, 0.3) is 0 Å². The zero-order valence-corrected chi connectivity index (χ0v) is 14.7. The molecule has 1 N–H and O–H groups in total. The van der Waals surface area contributed by atoms with Gasteiger partial charge in [0.15, 0.2) is 0 Å². The molecule has 5 heteroatoms. The van der Waals surface area contributed by atoms with E-state index in [1.807, 2.05) is 7.05 Å². The average molecular weight is 341 g/mol. The second kappa shape index (κ2) is 8.23. The molecular formula is C17H25ClN2OS. The maximum atomic E-state index is 12.7. The number of fused-ring (bicyclic) bond motifs is 1. The number of hydrogen-bond donors (Lipinski definition) is 1. The Labute approximate surface area is 143 Å². The Morgan fingerprint density at radius 3 is 2.73 bits per heavy atom. The predicted molar refractivity (Wildman–Crippen MR) is 94.9 cm³/mol. The van der Waals surface area contributed by atoms with Gasteiger partial charge in [0.2, 0.25) is 5.91 Å². The van der Waals surface area contributed by atoms with Gasteiger partial charge in [0, 0.05) is 18.0 Å². The number of nitrogens with one attached hydrogen (secondary N) is 1. The van der Waals surface area contributed by atoms with E-state index in [0.29, 0.717) is 5.91 Å². The Kier molecular flexibility index (Phi) is 6.60. The predicted octanol–water partition coefficient (Wildman–Crippen LogP) is 2.97. The van der Waals surface area contributed by atoms with Crippen LogP contribution in [0.3, 0.4) is 0 Å². The summed E-state index contributed by atoms with van der Waals surface area (Å²) in [6.07, 6.45) is 4.47. The quantitative estimate of drug-likeness (QED) is 0.914. The van der Waals surface area contributed by atoms with Crippen molar-refractivity contribution in [3.63, 3.8) is 0 Å². The molecule has 3 rings (SSSR count). The topological polar surface area (TPSA) is 32.3 Å². The molecule has 3 nitrogen and oxygen atoms in total. The molecule has 22 heavy (non-hydrogen) atoms. The van der Waals surface area contributed by atoms with Crippen LogP contribution in [0.15, 0.2) is 29.2 Å². The molecular weight excluding hydrogens is 316 g/mol. The Morgan fingerprint density at radius 2 is 2.05 bits per heavy atom. The zero-order chi connectivity index (χ0) is 14.7. The van der Waals surface area contributed by atoms with Crippen molar-refractivity contribution >= 4 is 30.1 Å². The Hall–Kier alpha value is -0.710. The van der Waals surface area contributed by atoms with Crippen molar-refractivity contribution in [3.05, 3.63) is 29.8 Å². The summed E-state index contributed by atoms with van der Waals surface area (Å²) in [5.41, 5.74) is 1.34. The van der Waals surface area contributed by atoms with Crippen molar-refractivity contribution < 1.29 is 4.79 Å². The molecule has 1 fully saturated rings. The van der Waals surface area contributed by atoms with Gasteiger partial charge in [0.05, 0.1) is 5.25 Å². The number of thioether (sulfide) groups is 1. The fourth-order valence-electron chi connectivity index (χ4n) is 3.31. The number of rotatable bonds is 4. The van der Waals surface area contributed by atoms with Crippen LogP contribution < -0.4 is 5.32 Å². The molecule has 0 bridgehead atoms. The van der Waals surface area contributed by atoms with Crippen molar-refractivity contribution in [1.29, 1.82) is 0 Å². The molecule has 1 atom stereocenters. The molecule has 1 aromatic carbocycles. The minimum atomic E-state index is 0. The lowest BCUT2D eigenvalue weighted by atomic mass is 9.93. The highest BCUT2D eigenvalue weighted by Crippen LogP contribution is 2.38. The molecule has 2 aliphatic heterocycles. The van der Waals surface area contributed by atoms with E-state index >= 15 is 0 Å². The molecule has 2 aliphatic rings. The number of carbonyl (C=O) groups is 1. The lowest BCUT2D eigenvalue weighted by Crippen LogP contribution is -2.43. The van der Waals surface area contributed by atoms with E-state index in [4.69, 9.17) is 0 Å². The number of likely N-dealkylation sites (tertiary alicyclic amines) is 1. The van der Waals surface area contributed by atoms with Crippen molar-refractivity contribution in [3.8, 4) is 0 Å². The van der Waals surface area contributed by atoms with Gasteiger partial charge in [-0.05, 0) is 56.8 Å². The number of amides is 1. The molecule has 0 aromatic heterocycles. The van der Waals surface area contributed by atoms with Crippen molar-refractivity contribution in [2.75, 3.05) is 26.7 Å². The van der Waals surface area contributed by atoms with Crippen LogP contribution in [-0.4, -0.2) is 42.7 Å². The highest BCUT2D eigenvalue weighted by molar-refractivity contribution is 8.01. The molecule has 1 aromatic rings. The standard InChI is InChI=1S/C17H24N2OS.ClH/c1-18-9-6-13-7-10-19(11-8-13)17(20)16-12-14-4-2-3-5-15(14)21-16;/h2-5,13,16,18H,6-12H2,1H3;1H. The third kappa shape index (κ3) is 3.98. The average Bonchev–Trinajstić information content (AvgIpc) is 2.96. The summed E-state index contributed by atoms with van der Waals surface area (Å²) >= 11 is 1.75. The van der Waals surface area contributed by atoms with Gasteiger partial charge in [-0.15, -0.1) is 24.2 Å². The molecule has 0 spiro atoms. The van der Waals surface area contributed by atoms with Gasteiger partial charge >= 0.3 is 0 Å². The highest BCUT2D eigenvalue weighted by atomic mass is 35.5. The smallest absolute Gasteiger partial charge is 0.236 e. The maximum Gasteiger partial charge on any atom is 0.236 e. The van der Waals surface area contributed by atoms with Crippen LogP contribution in [0.4, 0.5) is 0 Å². The first-order valence-electron chi connectivity index (χ1n) is 7.96. The summed E-state index contributed by atoms with van der Waals surface area (Å²) in [7, 11) is 2.01. The van der Waals surface area contributed by atoms with E-state index < -0.39 is 0 Å². The molecule has 0 aliphatic carbocycles. The van der Waals surface area contributed by atoms with Crippen LogP contribution in [-0.2, 0) is 11.2 Å². The van der Waals surface area contributed by atoms with Gasteiger partial charge in [-0.25, -0.2) is 0 Å². The minimum Gasteiger partial charge on any atom is -0.342 e. The molecule has 0 radical (unpaired) electrons. The first-order chi connectivity index (χ1) is 10.3. The number of piperidine rings is 1. The minimum absolute atomic E-state index is 0. The van der Waals surface area contributed by atoms with E-state index in [1.54, 1.807) is 11.8 Å². The summed E-state index contributed by atoms with van der Waals surface area (Å²) < 4.78 is 0. The number of carbonyl (C=O) groups excluding carboxylic acids is 1. The Balaban J connectivity index is 0.00000176. The Morgan fingerprint density at radius 1 is 1.32 bits per heavy atom. The third-order valence-corrected chi connectivity index (χ3v) is 5.96. The van der Waals surface area contributed by atoms with Gasteiger partial charge in [-0.1, -0.05) is 18.2 Å². The largest absolute Gasteiger partial charge is 0.342 e. The van der Waals surface area contributed by atoms with Crippen LogP contribution in [0.5, 0.6) is 0 Å². The molecule has 1 unspecified atom stereocenters. The lowest BCUT2D eigenvalue weighted by Gasteiger charge is -2.33. The van der Waals surface area contributed by atoms with Gasteiger partial charge in [0.1, 0.15) is 0 Å². The van der Waals surface area contributed by atoms with Crippen LogP contribution >= 0.6 is 24.2 Å². The zero-order valence-electron chi connectivity index (χ0n) is 13.1. The fraction of sp³-hybridized carbons (Fsp3) is 0.588. The summed E-state index contributed by atoms with van der Waals surface area (Å²) in [5.74, 6) is 1.14. The SMILES string of the molecule is CNCCC1CCN(C(=O)C2Cc3ccccc3S2)CC1.Cl. The summed E-state index contributed by atoms with van der Waals surface area (Å²) in [6.45, 7) is 2.98. The number of halogens is 1. The number of hydrogen-bond acceptors (Lipinski definition) is 3. The molecule has 0 saturated carbocycles.